The zero-order valence-corrected chi connectivity index (χ0v) is 14.6. The van der Waals surface area contributed by atoms with Crippen LogP contribution in [0, 0.1) is 0 Å². The molecule has 1 unspecified atom stereocenters. The van der Waals surface area contributed by atoms with E-state index >= 15 is 0 Å². The van der Waals surface area contributed by atoms with Gasteiger partial charge in [0.1, 0.15) is 6.54 Å². The first-order chi connectivity index (χ1) is 11.5. The van der Waals surface area contributed by atoms with Crippen molar-refractivity contribution in [2.75, 3.05) is 38.3 Å². The molecule has 0 aromatic carbocycles. The molecule has 1 N–H and O–H groups in total. The van der Waals surface area contributed by atoms with Gasteiger partial charge in [-0.1, -0.05) is 6.92 Å². The molecule has 0 bridgehead atoms. The number of hydrogen-bond donors (Lipinski definition) is 1. The van der Waals surface area contributed by atoms with E-state index in [-0.39, 0.29) is 30.7 Å². The lowest BCUT2D eigenvalue weighted by molar-refractivity contribution is -0.122. The second kappa shape index (κ2) is 8.79. The van der Waals surface area contributed by atoms with Crippen LogP contribution in [0.3, 0.4) is 0 Å². The number of carbonyl (C=O) groups is 1. The third kappa shape index (κ3) is 4.78. The maximum absolute atomic E-state index is 12.5. The van der Waals surface area contributed by atoms with Gasteiger partial charge in [-0.3, -0.25) is 14.2 Å². The minimum atomic E-state index is -0.252. The van der Waals surface area contributed by atoms with Crippen molar-refractivity contribution in [2.45, 2.75) is 39.5 Å². The molecule has 0 radical (unpaired) electrons. The van der Waals surface area contributed by atoms with E-state index in [4.69, 9.17) is 9.47 Å². The number of ether oxygens (including phenoxy) is 2. The number of carbonyl (C=O) groups excluding carboxylic acids is 1. The highest BCUT2D eigenvalue weighted by Gasteiger charge is 2.20. The smallest absolute Gasteiger partial charge is 0.255 e. The van der Waals surface area contributed by atoms with Crippen LogP contribution in [0.25, 0.3) is 0 Å². The van der Waals surface area contributed by atoms with Crippen LogP contribution < -0.4 is 15.8 Å². The predicted octanol–water partition coefficient (Wildman–Crippen LogP) is 0.141. The van der Waals surface area contributed by atoms with E-state index < -0.39 is 0 Å². The number of anilines is 1. The van der Waals surface area contributed by atoms with Crippen molar-refractivity contribution in [1.82, 2.24) is 14.9 Å². The minimum Gasteiger partial charge on any atom is -0.378 e. The Morgan fingerprint density at radius 1 is 1.46 bits per heavy atom. The highest BCUT2D eigenvalue weighted by Crippen LogP contribution is 2.12. The number of morpholine rings is 1. The van der Waals surface area contributed by atoms with E-state index in [2.05, 4.69) is 10.3 Å². The minimum absolute atomic E-state index is 0.0455. The topological polar surface area (TPSA) is 85.7 Å². The summed E-state index contributed by atoms with van der Waals surface area (Å²) in [5.74, 6) is 0.305. The molecule has 24 heavy (non-hydrogen) atoms. The number of nitrogens with one attached hydrogen (secondary N) is 1. The van der Waals surface area contributed by atoms with Crippen molar-refractivity contribution in [3.05, 3.63) is 22.1 Å². The van der Waals surface area contributed by atoms with E-state index in [1.165, 1.54) is 10.6 Å². The van der Waals surface area contributed by atoms with Crippen molar-refractivity contribution in [3.8, 4) is 0 Å². The van der Waals surface area contributed by atoms with Crippen LogP contribution in [-0.2, 0) is 27.4 Å². The van der Waals surface area contributed by atoms with E-state index in [9.17, 15) is 9.59 Å². The van der Waals surface area contributed by atoms with Gasteiger partial charge < -0.3 is 19.7 Å². The Morgan fingerprint density at radius 3 is 2.79 bits per heavy atom. The van der Waals surface area contributed by atoms with Crippen LogP contribution in [0.2, 0.25) is 0 Å². The highest BCUT2D eigenvalue weighted by molar-refractivity contribution is 5.76. The van der Waals surface area contributed by atoms with Crippen molar-refractivity contribution in [2.24, 2.45) is 0 Å². The van der Waals surface area contributed by atoms with E-state index in [1.807, 2.05) is 18.7 Å². The molecule has 1 amide bonds. The molecule has 1 saturated heterocycles. The van der Waals surface area contributed by atoms with Crippen LogP contribution in [0.1, 0.15) is 26.0 Å². The lowest BCUT2D eigenvalue weighted by Crippen LogP contribution is -2.43. The maximum Gasteiger partial charge on any atom is 0.255 e. The molecule has 1 aliphatic heterocycles. The van der Waals surface area contributed by atoms with Gasteiger partial charge in [-0.2, -0.15) is 0 Å². The number of aromatic nitrogens is 2. The molecule has 0 saturated carbocycles. The Bertz CT molecular complexity index is 611. The number of methoxy groups -OCH3 is 1. The number of rotatable bonds is 7. The summed E-state index contributed by atoms with van der Waals surface area (Å²) < 4.78 is 11.9. The van der Waals surface area contributed by atoms with E-state index in [0.29, 0.717) is 37.9 Å². The molecule has 0 spiro atoms. The van der Waals surface area contributed by atoms with E-state index in [0.717, 1.165) is 6.42 Å². The molecule has 2 heterocycles. The van der Waals surface area contributed by atoms with Gasteiger partial charge in [-0.15, -0.1) is 0 Å². The summed E-state index contributed by atoms with van der Waals surface area (Å²) >= 11 is 0. The predicted molar refractivity (Wildman–Crippen MR) is 90.1 cm³/mol. The summed E-state index contributed by atoms with van der Waals surface area (Å²) in [5.41, 5.74) is 0.306. The second-order valence-electron chi connectivity index (χ2n) is 5.88. The molecule has 2 rings (SSSR count). The molecule has 1 fully saturated rings. The molecule has 1 aromatic rings. The molecule has 0 aliphatic carbocycles. The Morgan fingerprint density at radius 2 is 2.17 bits per heavy atom. The van der Waals surface area contributed by atoms with Crippen LogP contribution in [-0.4, -0.2) is 54.9 Å². The van der Waals surface area contributed by atoms with Gasteiger partial charge >= 0.3 is 0 Å². The highest BCUT2D eigenvalue weighted by atomic mass is 16.5. The third-order valence-electron chi connectivity index (χ3n) is 3.95. The monoisotopic (exact) mass is 338 g/mol. The zero-order valence-electron chi connectivity index (χ0n) is 14.6. The van der Waals surface area contributed by atoms with Gasteiger partial charge in [-0.05, 0) is 13.3 Å². The number of nitrogens with zero attached hydrogens (tertiary/aromatic N) is 3. The standard InChI is InChI=1S/C16H26N4O4/c1-4-12(2)17-14(21)10-20-15(22)9-13(11-23-3)18-16(20)19-5-7-24-8-6-19/h9,12H,4-8,10-11H2,1-3H3,(H,17,21). The molecule has 8 heteroatoms. The first-order valence-corrected chi connectivity index (χ1v) is 8.27. The quantitative estimate of drug-likeness (QED) is 0.761. The summed E-state index contributed by atoms with van der Waals surface area (Å²) in [6.07, 6.45) is 0.835. The lowest BCUT2D eigenvalue weighted by atomic mass is 10.2. The Labute approximate surface area is 141 Å². The van der Waals surface area contributed by atoms with Gasteiger partial charge in [-0.25, -0.2) is 4.98 Å². The molecular weight excluding hydrogens is 312 g/mol. The van der Waals surface area contributed by atoms with Crippen molar-refractivity contribution in [1.29, 1.82) is 0 Å². The van der Waals surface area contributed by atoms with Crippen LogP contribution in [0.15, 0.2) is 10.9 Å². The van der Waals surface area contributed by atoms with Crippen molar-refractivity contribution < 1.29 is 14.3 Å². The maximum atomic E-state index is 12.5. The van der Waals surface area contributed by atoms with Crippen molar-refractivity contribution in [3.63, 3.8) is 0 Å². The van der Waals surface area contributed by atoms with Gasteiger partial charge in [0.15, 0.2) is 0 Å². The second-order valence-corrected chi connectivity index (χ2v) is 5.88. The Balaban J connectivity index is 2.29. The molecule has 1 atom stereocenters. The average Bonchev–Trinajstić information content (AvgIpc) is 2.58. The van der Waals surface area contributed by atoms with Crippen LogP contribution >= 0.6 is 0 Å². The van der Waals surface area contributed by atoms with Crippen LogP contribution in [0.5, 0.6) is 0 Å². The van der Waals surface area contributed by atoms with Gasteiger partial charge in [0.25, 0.3) is 5.56 Å². The summed E-state index contributed by atoms with van der Waals surface area (Å²) in [4.78, 5) is 31.2. The summed E-state index contributed by atoms with van der Waals surface area (Å²) in [7, 11) is 1.56. The summed E-state index contributed by atoms with van der Waals surface area (Å²) in [5, 5.41) is 2.88. The average molecular weight is 338 g/mol. The van der Waals surface area contributed by atoms with Crippen molar-refractivity contribution >= 4 is 11.9 Å². The Hall–Kier alpha value is -1.93. The summed E-state index contributed by atoms with van der Waals surface area (Å²) in [6.45, 7) is 6.56. The fourth-order valence-corrected chi connectivity index (χ4v) is 2.48. The van der Waals surface area contributed by atoms with E-state index in [1.54, 1.807) is 7.11 Å². The number of amides is 1. The third-order valence-corrected chi connectivity index (χ3v) is 3.95. The van der Waals surface area contributed by atoms with Gasteiger partial charge in [0.05, 0.1) is 25.5 Å². The van der Waals surface area contributed by atoms with Gasteiger partial charge in [0, 0.05) is 32.3 Å². The first-order valence-electron chi connectivity index (χ1n) is 8.27. The Kier molecular flexibility index (Phi) is 6.74. The zero-order chi connectivity index (χ0) is 17.5. The number of hydrogen-bond acceptors (Lipinski definition) is 6. The molecule has 134 valence electrons. The van der Waals surface area contributed by atoms with Gasteiger partial charge in [0.2, 0.25) is 11.9 Å². The summed E-state index contributed by atoms with van der Waals surface area (Å²) in [6, 6.07) is 1.49. The SMILES string of the molecule is CCC(C)NC(=O)Cn1c(N2CCOCC2)nc(COC)cc1=O. The fourth-order valence-electron chi connectivity index (χ4n) is 2.48. The largest absolute Gasteiger partial charge is 0.378 e. The molecule has 1 aromatic heterocycles. The fraction of sp³-hybridized carbons (Fsp3) is 0.688. The van der Waals surface area contributed by atoms with Crippen LogP contribution in [0.4, 0.5) is 5.95 Å². The first kappa shape index (κ1) is 18.4. The lowest BCUT2D eigenvalue weighted by Gasteiger charge is -2.30. The normalized spacial score (nSPS) is 16.0. The molecule has 8 nitrogen and oxygen atoms in total. The molecule has 1 aliphatic rings. The molecular formula is C16H26N4O4.